The Balaban J connectivity index is 3.40. The highest BCUT2D eigenvalue weighted by Crippen LogP contribution is 2.38. The van der Waals surface area contributed by atoms with Crippen LogP contribution in [0.1, 0.15) is 11.1 Å². The topological polar surface area (TPSA) is 42.2 Å². The van der Waals surface area contributed by atoms with Crippen LogP contribution in [0.5, 0.6) is 11.5 Å². The molecular weight excluding hydrogens is 258 g/mol. The Morgan fingerprint density at radius 1 is 1.40 bits per heavy atom. The molecule has 0 heterocycles. The molecule has 0 aromatic heterocycles. The summed E-state index contributed by atoms with van der Waals surface area (Å²) in [5.41, 5.74) is 1.80. The van der Waals surface area contributed by atoms with Crippen LogP contribution in [0.15, 0.2) is 10.5 Å². The second-order valence-corrected chi connectivity index (χ2v) is 3.85. The van der Waals surface area contributed by atoms with Gasteiger partial charge in [0.05, 0.1) is 31.2 Å². The summed E-state index contributed by atoms with van der Waals surface area (Å²) < 4.78 is 11.3. The first kappa shape index (κ1) is 11.9. The van der Waals surface area contributed by atoms with Crippen molar-refractivity contribution in [2.24, 2.45) is 0 Å². The first-order valence-corrected chi connectivity index (χ1v) is 5.21. The molecule has 1 rings (SSSR count). The molecule has 0 radical (unpaired) electrons. The number of benzene rings is 1. The Morgan fingerprint density at radius 2 is 2.07 bits per heavy atom. The predicted octanol–water partition coefficient (Wildman–Crippen LogP) is 2.84. The number of hydrogen-bond donors (Lipinski definition) is 0. The summed E-state index contributed by atoms with van der Waals surface area (Å²) in [6, 6.07) is 3.98. The zero-order valence-electron chi connectivity index (χ0n) is 8.93. The maximum atomic E-state index is 8.73. The number of methoxy groups -OCH3 is 2. The first-order chi connectivity index (χ1) is 7.15. The third kappa shape index (κ3) is 2.24. The van der Waals surface area contributed by atoms with Crippen LogP contribution in [0.25, 0.3) is 0 Å². The molecule has 0 unspecified atom stereocenters. The summed E-state index contributed by atoms with van der Waals surface area (Å²) in [5.74, 6) is 1.46. The molecule has 0 amide bonds. The molecule has 0 saturated heterocycles. The average molecular weight is 270 g/mol. The zero-order valence-corrected chi connectivity index (χ0v) is 10.5. The van der Waals surface area contributed by atoms with Crippen molar-refractivity contribution >= 4 is 15.9 Å². The lowest BCUT2D eigenvalue weighted by Gasteiger charge is -2.14. The van der Waals surface area contributed by atoms with Gasteiger partial charge in [0.15, 0.2) is 0 Å². The molecule has 0 atom stereocenters. The summed E-state index contributed by atoms with van der Waals surface area (Å²) in [5, 5.41) is 8.73. The Morgan fingerprint density at radius 3 is 2.53 bits per heavy atom. The number of nitrogens with zero attached hydrogens (tertiary/aromatic N) is 1. The van der Waals surface area contributed by atoms with Crippen molar-refractivity contribution in [1.82, 2.24) is 0 Å². The van der Waals surface area contributed by atoms with E-state index in [0.29, 0.717) is 12.2 Å². The maximum absolute atomic E-state index is 8.73. The molecule has 80 valence electrons. The summed E-state index contributed by atoms with van der Waals surface area (Å²) in [6.07, 6.45) is 0.292. The Labute approximate surface area is 97.7 Å². The maximum Gasteiger partial charge on any atom is 0.136 e. The number of rotatable bonds is 3. The molecule has 0 spiro atoms. The van der Waals surface area contributed by atoms with Gasteiger partial charge in [-0.3, -0.25) is 0 Å². The molecule has 1 aromatic carbocycles. The minimum Gasteiger partial charge on any atom is -0.496 e. The lowest BCUT2D eigenvalue weighted by molar-refractivity contribution is 0.395. The van der Waals surface area contributed by atoms with Crippen molar-refractivity contribution < 1.29 is 9.47 Å². The van der Waals surface area contributed by atoms with Crippen LogP contribution in [0.4, 0.5) is 0 Å². The lowest BCUT2D eigenvalue weighted by Crippen LogP contribution is -1.97. The van der Waals surface area contributed by atoms with Crippen molar-refractivity contribution in [3.63, 3.8) is 0 Å². The van der Waals surface area contributed by atoms with Crippen LogP contribution in [-0.2, 0) is 6.42 Å². The van der Waals surface area contributed by atoms with Gasteiger partial charge in [-0.15, -0.1) is 0 Å². The van der Waals surface area contributed by atoms with E-state index in [1.54, 1.807) is 14.2 Å². The minimum absolute atomic E-state index is 0.292. The van der Waals surface area contributed by atoms with E-state index < -0.39 is 0 Å². The van der Waals surface area contributed by atoms with Crippen LogP contribution in [0.3, 0.4) is 0 Å². The molecule has 0 N–H and O–H groups in total. The van der Waals surface area contributed by atoms with Gasteiger partial charge in [-0.1, -0.05) is 0 Å². The zero-order chi connectivity index (χ0) is 11.4. The molecule has 4 heteroatoms. The quantitative estimate of drug-likeness (QED) is 0.848. The number of nitriles is 1. The van der Waals surface area contributed by atoms with E-state index in [0.717, 1.165) is 21.3 Å². The highest BCUT2D eigenvalue weighted by Gasteiger charge is 2.15. The Bertz CT molecular complexity index is 410. The molecule has 0 bridgehead atoms. The third-order valence-corrected chi connectivity index (χ3v) is 2.99. The van der Waals surface area contributed by atoms with Crippen LogP contribution in [0, 0.1) is 18.3 Å². The van der Waals surface area contributed by atoms with Gasteiger partial charge in [0.1, 0.15) is 11.5 Å². The second kappa shape index (κ2) is 5.04. The third-order valence-electron chi connectivity index (χ3n) is 2.15. The Hall–Kier alpha value is -1.21. The van der Waals surface area contributed by atoms with Gasteiger partial charge in [0.25, 0.3) is 0 Å². The number of aryl methyl sites for hydroxylation is 1. The van der Waals surface area contributed by atoms with E-state index in [1.807, 2.05) is 13.0 Å². The van der Waals surface area contributed by atoms with E-state index in [1.165, 1.54) is 0 Å². The van der Waals surface area contributed by atoms with Gasteiger partial charge in [0.2, 0.25) is 0 Å². The van der Waals surface area contributed by atoms with Gasteiger partial charge in [-0.2, -0.15) is 5.26 Å². The fourth-order valence-electron chi connectivity index (χ4n) is 1.44. The fourth-order valence-corrected chi connectivity index (χ4v) is 2.25. The van der Waals surface area contributed by atoms with Gasteiger partial charge in [0, 0.05) is 5.56 Å². The van der Waals surface area contributed by atoms with Gasteiger partial charge in [-0.25, -0.2) is 0 Å². The summed E-state index contributed by atoms with van der Waals surface area (Å²) in [4.78, 5) is 0. The first-order valence-electron chi connectivity index (χ1n) is 4.42. The predicted molar refractivity (Wildman–Crippen MR) is 61.3 cm³/mol. The van der Waals surface area contributed by atoms with E-state index in [9.17, 15) is 0 Å². The number of hydrogen-bond acceptors (Lipinski definition) is 3. The molecule has 3 nitrogen and oxygen atoms in total. The number of halogens is 1. The standard InChI is InChI=1S/C11H12BrNO2/c1-7-6-9(14-2)8(4-5-13)10(12)11(7)15-3/h6H,4H2,1-3H3. The van der Waals surface area contributed by atoms with Crippen molar-refractivity contribution in [1.29, 1.82) is 5.26 Å². The van der Waals surface area contributed by atoms with E-state index in [-0.39, 0.29) is 0 Å². The smallest absolute Gasteiger partial charge is 0.136 e. The molecule has 15 heavy (non-hydrogen) atoms. The van der Waals surface area contributed by atoms with Crippen molar-refractivity contribution in [3.8, 4) is 17.6 Å². The summed E-state index contributed by atoms with van der Waals surface area (Å²) in [7, 11) is 3.20. The summed E-state index contributed by atoms with van der Waals surface area (Å²) in [6.45, 7) is 1.93. The van der Waals surface area contributed by atoms with E-state index in [2.05, 4.69) is 22.0 Å². The van der Waals surface area contributed by atoms with Crippen LogP contribution in [-0.4, -0.2) is 14.2 Å². The van der Waals surface area contributed by atoms with E-state index in [4.69, 9.17) is 14.7 Å². The summed E-state index contributed by atoms with van der Waals surface area (Å²) >= 11 is 3.43. The molecule has 1 aromatic rings. The van der Waals surface area contributed by atoms with Crippen LogP contribution >= 0.6 is 15.9 Å². The molecule has 0 aliphatic carbocycles. The van der Waals surface area contributed by atoms with Gasteiger partial charge < -0.3 is 9.47 Å². The van der Waals surface area contributed by atoms with Crippen LogP contribution < -0.4 is 9.47 Å². The normalized spacial score (nSPS) is 9.53. The molecule has 0 fully saturated rings. The monoisotopic (exact) mass is 269 g/mol. The van der Waals surface area contributed by atoms with E-state index >= 15 is 0 Å². The van der Waals surface area contributed by atoms with Crippen molar-refractivity contribution in [2.75, 3.05) is 14.2 Å². The number of ether oxygens (including phenoxy) is 2. The van der Waals surface area contributed by atoms with Gasteiger partial charge in [-0.05, 0) is 34.5 Å². The SMILES string of the molecule is COc1cc(C)c(OC)c(Br)c1CC#N. The lowest BCUT2D eigenvalue weighted by atomic mass is 10.1. The Kier molecular flexibility index (Phi) is 3.98. The van der Waals surface area contributed by atoms with Crippen molar-refractivity contribution in [3.05, 3.63) is 21.7 Å². The molecule has 0 saturated carbocycles. The highest BCUT2D eigenvalue weighted by atomic mass is 79.9. The van der Waals surface area contributed by atoms with Crippen molar-refractivity contribution in [2.45, 2.75) is 13.3 Å². The fraction of sp³-hybridized carbons (Fsp3) is 0.364. The highest BCUT2D eigenvalue weighted by molar-refractivity contribution is 9.10. The molecular formula is C11H12BrNO2. The average Bonchev–Trinajstić information content (AvgIpc) is 2.22. The van der Waals surface area contributed by atoms with Crippen LogP contribution in [0.2, 0.25) is 0 Å². The second-order valence-electron chi connectivity index (χ2n) is 3.06. The van der Waals surface area contributed by atoms with Gasteiger partial charge >= 0.3 is 0 Å². The largest absolute Gasteiger partial charge is 0.496 e. The molecule has 0 aliphatic rings. The molecule has 0 aliphatic heterocycles. The minimum atomic E-state index is 0.292.